The summed E-state index contributed by atoms with van der Waals surface area (Å²) in [6.07, 6.45) is 6.88. The van der Waals surface area contributed by atoms with Crippen molar-refractivity contribution >= 4 is 17.5 Å². The standard InChI is InChI=1S/C18H27N3O4/c1-2-25-18(24)21-10-8-13(9-11-21)20-15-14(16(22)17(15)23)19-12-6-4-3-5-7-12/h12-13,19-20H,2-11H2,1H3. The predicted octanol–water partition coefficient (Wildman–Crippen LogP) is 2.06. The zero-order valence-corrected chi connectivity index (χ0v) is 14.8. The fourth-order valence-corrected chi connectivity index (χ4v) is 3.74. The monoisotopic (exact) mass is 349 g/mol. The molecule has 1 amide bonds. The molecule has 2 aliphatic rings. The molecule has 1 saturated carbocycles. The van der Waals surface area contributed by atoms with Crippen LogP contribution < -0.4 is 21.5 Å². The molecule has 138 valence electrons. The van der Waals surface area contributed by atoms with Crippen molar-refractivity contribution in [2.45, 2.75) is 64.0 Å². The molecule has 0 atom stereocenters. The van der Waals surface area contributed by atoms with E-state index in [9.17, 15) is 14.4 Å². The number of anilines is 2. The topological polar surface area (TPSA) is 87.7 Å². The second-order valence-electron chi connectivity index (χ2n) is 6.99. The van der Waals surface area contributed by atoms with Gasteiger partial charge in [0.15, 0.2) is 0 Å². The number of likely N-dealkylation sites (tertiary alicyclic amines) is 1. The smallest absolute Gasteiger partial charge is 0.409 e. The highest BCUT2D eigenvalue weighted by molar-refractivity contribution is 5.74. The van der Waals surface area contributed by atoms with E-state index in [1.165, 1.54) is 19.3 Å². The van der Waals surface area contributed by atoms with Gasteiger partial charge in [0.25, 0.3) is 10.9 Å². The Morgan fingerprint density at radius 1 is 0.960 bits per heavy atom. The summed E-state index contributed by atoms with van der Waals surface area (Å²) in [5.41, 5.74) is 0.0676. The molecule has 3 rings (SSSR count). The van der Waals surface area contributed by atoms with Gasteiger partial charge in [-0.15, -0.1) is 0 Å². The molecule has 1 aromatic carbocycles. The third-order valence-electron chi connectivity index (χ3n) is 5.23. The first-order valence-electron chi connectivity index (χ1n) is 9.38. The molecule has 2 N–H and O–H groups in total. The molecule has 0 bridgehead atoms. The maximum Gasteiger partial charge on any atom is 0.409 e. The Kier molecular flexibility index (Phi) is 5.60. The first kappa shape index (κ1) is 17.8. The lowest BCUT2D eigenvalue weighted by Crippen LogP contribution is -2.46. The minimum Gasteiger partial charge on any atom is -0.450 e. The summed E-state index contributed by atoms with van der Waals surface area (Å²) in [5.74, 6) is 0. The highest BCUT2D eigenvalue weighted by Crippen LogP contribution is 2.25. The number of carbonyl (C=O) groups excluding carboxylic acids is 1. The zero-order valence-electron chi connectivity index (χ0n) is 14.8. The van der Waals surface area contributed by atoms with Crippen LogP contribution in [0, 0.1) is 0 Å². The van der Waals surface area contributed by atoms with Crippen molar-refractivity contribution in [3.63, 3.8) is 0 Å². The Labute approximate surface area is 147 Å². The molecule has 2 fully saturated rings. The van der Waals surface area contributed by atoms with Gasteiger partial charge in [-0.25, -0.2) is 4.79 Å². The Bertz CT molecular complexity index is 666. The number of nitrogens with zero attached hydrogens (tertiary/aromatic N) is 1. The van der Waals surface area contributed by atoms with E-state index >= 15 is 0 Å². The SMILES string of the molecule is CCOC(=O)N1CCC(Nc2c(NC3CCCCC3)c(=O)c2=O)CC1. The highest BCUT2D eigenvalue weighted by atomic mass is 16.6. The lowest BCUT2D eigenvalue weighted by atomic mass is 9.95. The molecule has 25 heavy (non-hydrogen) atoms. The van der Waals surface area contributed by atoms with Crippen LogP contribution in [0.5, 0.6) is 0 Å². The van der Waals surface area contributed by atoms with Crippen LogP contribution >= 0.6 is 0 Å². The van der Waals surface area contributed by atoms with Crippen molar-refractivity contribution in [1.82, 2.24) is 4.90 Å². The molecule has 7 nitrogen and oxygen atoms in total. The second-order valence-corrected chi connectivity index (χ2v) is 6.99. The third kappa shape index (κ3) is 3.96. The summed E-state index contributed by atoms with van der Waals surface area (Å²) in [4.78, 5) is 37.3. The lowest BCUT2D eigenvalue weighted by Gasteiger charge is -2.33. The molecular formula is C18H27N3O4. The van der Waals surface area contributed by atoms with Crippen molar-refractivity contribution in [1.29, 1.82) is 0 Å². The number of hydrogen-bond donors (Lipinski definition) is 2. The molecule has 0 unspecified atom stereocenters. The average Bonchev–Trinajstić information content (AvgIpc) is 2.65. The van der Waals surface area contributed by atoms with E-state index in [2.05, 4.69) is 10.6 Å². The van der Waals surface area contributed by atoms with Gasteiger partial charge >= 0.3 is 6.09 Å². The first-order chi connectivity index (χ1) is 12.1. The summed E-state index contributed by atoms with van der Waals surface area (Å²) >= 11 is 0. The van der Waals surface area contributed by atoms with E-state index < -0.39 is 10.9 Å². The first-order valence-corrected chi connectivity index (χ1v) is 9.38. The summed E-state index contributed by atoms with van der Waals surface area (Å²) in [6.45, 7) is 3.35. The normalized spacial score (nSPS) is 19.8. The minimum absolute atomic E-state index is 0.0980. The predicted molar refractivity (Wildman–Crippen MR) is 97.1 cm³/mol. The van der Waals surface area contributed by atoms with Gasteiger partial charge in [-0.2, -0.15) is 0 Å². The van der Waals surface area contributed by atoms with E-state index in [4.69, 9.17) is 4.74 Å². The van der Waals surface area contributed by atoms with Gasteiger partial charge < -0.3 is 20.3 Å². The summed E-state index contributed by atoms with van der Waals surface area (Å²) in [6, 6.07) is 0.393. The molecule has 7 heteroatoms. The maximum absolute atomic E-state index is 12.0. The Morgan fingerprint density at radius 3 is 2.00 bits per heavy atom. The number of carbonyl (C=O) groups is 1. The highest BCUT2D eigenvalue weighted by Gasteiger charge is 2.28. The van der Waals surface area contributed by atoms with Crippen molar-refractivity contribution < 1.29 is 9.53 Å². The van der Waals surface area contributed by atoms with Gasteiger partial charge in [0.05, 0.1) is 6.61 Å². The number of nitrogens with one attached hydrogen (secondary N) is 2. The van der Waals surface area contributed by atoms with Gasteiger partial charge in [0, 0.05) is 25.2 Å². The molecular weight excluding hydrogens is 322 g/mol. The number of piperidine rings is 1. The second kappa shape index (κ2) is 7.89. The molecule has 0 aromatic heterocycles. The summed E-state index contributed by atoms with van der Waals surface area (Å²) in [7, 11) is 0. The van der Waals surface area contributed by atoms with Crippen molar-refractivity contribution in [3.05, 3.63) is 20.4 Å². The van der Waals surface area contributed by atoms with E-state index in [1.54, 1.807) is 11.8 Å². The summed E-state index contributed by atoms with van der Waals surface area (Å²) < 4.78 is 5.01. The quantitative estimate of drug-likeness (QED) is 0.791. The maximum atomic E-state index is 12.0. The van der Waals surface area contributed by atoms with Crippen LogP contribution in [0.1, 0.15) is 51.9 Å². The Balaban J connectivity index is 1.55. The van der Waals surface area contributed by atoms with E-state index in [1.807, 2.05) is 0 Å². The van der Waals surface area contributed by atoms with Crippen LogP contribution in [0.15, 0.2) is 9.59 Å². The van der Waals surface area contributed by atoms with E-state index in [0.717, 1.165) is 25.7 Å². The van der Waals surface area contributed by atoms with Crippen LogP contribution in [0.25, 0.3) is 0 Å². The average molecular weight is 349 g/mol. The fourth-order valence-electron chi connectivity index (χ4n) is 3.74. The summed E-state index contributed by atoms with van der Waals surface area (Å²) in [5, 5.41) is 6.52. The largest absolute Gasteiger partial charge is 0.450 e. The van der Waals surface area contributed by atoms with Crippen molar-refractivity contribution in [3.8, 4) is 0 Å². The number of ether oxygens (including phenoxy) is 1. The fraction of sp³-hybridized carbons (Fsp3) is 0.722. The zero-order chi connectivity index (χ0) is 17.8. The van der Waals surface area contributed by atoms with Crippen molar-refractivity contribution in [2.24, 2.45) is 0 Å². The van der Waals surface area contributed by atoms with Gasteiger partial charge in [0.2, 0.25) is 0 Å². The van der Waals surface area contributed by atoms with Crippen LogP contribution in [-0.4, -0.2) is 42.8 Å². The molecule has 0 spiro atoms. The van der Waals surface area contributed by atoms with E-state index in [-0.39, 0.29) is 12.1 Å². The molecule has 0 radical (unpaired) electrons. The molecule has 1 aliphatic heterocycles. The van der Waals surface area contributed by atoms with Crippen LogP contribution in [0.4, 0.5) is 16.2 Å². The molecule has 1 saturated heterocycles. The van der Waals surface area contributed by atoms with Crippen LogP contribution in [-0.2, 0) is 4.74 Å². The lowest BCUT2D eigenvalue weighted by molar-refractivity contribution is 0.0983. The minimum atomic E-state index is -0.425. The van der Waals surface area contributed by atoms with Gasteiger partial charge in [-0.1, -0.05) is 19.3 Å². The van der Waals surface area contributed by atoms with Crippen molar-refractivity contribution in [2.75, 3.05) is 30.3 Å². The number of hydrogen-bond acceptors (Lipinski definition) is 6. The molecule has 1 aliphatic carbocycles. The number of amides is 1. The van der Waals surface area contributed by atoms with Gasteiger partial charge in [-0.3, -0.25) is 9.59 Å². The Hall–Kier alpha value is -2.05. The number of rotatable bonds is 5. The van der Waals surface area contributed by atoms with Gasteiger partial charge in [-0.05, 0) is 32.6 Å². The van der Waals surface area contributed by atoms with Crippen LogP contribution in [0.2, 0.25) is 0 Å². The molecule has 1 aromatic rings. The van der Waals surface area contributed by atoms with Gasteiger partial charge in [0.1, 0.15) is 11.4 Å². The van der Waals surface area contributed by atoms with E-state index in [0.29, 0.717) is 37.1 Å². The van der Waals surface area contributed by atoms with Crippen LogP contribution in [0.3, 0.4) is 0 Å². The Morgan fingerprint density at radius 2 is 1.48 bits per heavy atom. The molecule has 1 heterocycles. The third-order valence-corrected chi connectivity index (χ3v) is 5.23.